The summed E-state index contributed by atoms with van der Waals surface area (Å²) in [6.45, 7) is 1.40. The first-order valence-electron chi connectivity index (χ1n) is 15.3. The summed E-state index contributed by atoms with van der Waals surface area (Å²) < 4.78 is 29.7. The lowest BCUT2D eigenvalue weighted by Crippen LogP contribution is -2.45. The van der Waals surface area contributed by atoms with E-state index in [4.69, 9.17) is 4.98 Å². The lowest BCUT2D eigenvalue weighted by atomic mass is 10.0. The number of amides is 2. The molecule has 2 aliphatic rings. The summed E-state index contributed by atoms with van der Waals surface area (Å²) in [4.78, 5) is 44.3. The van der Waals surface area contributed by atoms with Gasteiger partial charge < -0.3 is 25.8 Å². The quantitative estimate of drug-likeness (QED) is 0.270. The molecule has 0 radical (unpaired) electrons. The minimum absolute atomic E-state index is 0.0457. The maximum absolute atomic E-state index is 14.7. The molecule has 5 aromatic rings. The zero-order valence-corrected chi connectivity index (χ0v) is 25.7. The highest BCUT2D eigenvalue weighted by Crippen LogP contribution is 2.34. The summed E-state index contributed by atoms with van der Waals surface area (Å²) in [7, 11) is 3.37. The minimum atomic E-state index is -0.778. The number of hydrogen-bond acceptors (Lipinski definition) is 9. The number of aromatic nitrogens is 5. The highest BCUT2D eigenvalue weighted by Gasteiger charge is 2.40. The van der Waals surface area contributed by atoms with E-state index < -0.39 is 17.7 Å². The van der Waals surface area contributed by atoms with Crippen molar-refractivity contribution in [3.8, 4) is 16.9 Å². The van der Waals surface area contributed by atoms with E-state index in [9.17, 15) is 18.4 Å². The van der Waals surface area contributed by atoms with Crippen LogP contribution in [-0.2, 0) is 4.79 Å². The molecule has 240 valence electrons. The first-order valence-corrected chi connectivity index (χ1v) is 15.3. The number of nitrogens with zero attached hydrogens (tertiary/aromatic N) is 7. The number of hydrogen-bond donors (Lipinski definition) is 3. The second-order valence-electron chi connectivity index (χ2n) is 11.6. The topological polar surface area (TPSA) is 133 Å². The molecule has 14 heteroatoms. The molecular weight excluding hydrogens is 606 g/mol. The Morgan fingerprint density at radius 3 is 2.77 bits per heavy atom. The molecule has 1 fully saturated rings. The van der Waals surface area contributed by atoms with Gasteiger partial charge in [-0.25, -0.2) is 28.4 Å². The summed E-state index contributed by atoms with van der Waals surface area (Å²) in [6.07, 6.45) is 3.99. The number of halogens is 2. The van der Waals surface area contributed by atoms with Crippen LogP contribution in [0.2, 0.25) is 0 Å². The van der Waals surface area contributed by atoms with E-state index >= 15 is 0 Å². The Bertz CT molecular complexity index is 2000. The third kappa shape index (κ3) is 5.55. The Kier molecular flexibility index (Phi) is 7.83. The number of nitrogens with one attached hydrogen (secondary N) is 3. The van der Waals surface area contributed by atoms with E-state index in [0.717, 1.165) is 17.7 Å². The second-order valence-corrected chi connectivity index (χ2v) is 11.6. The van der Waals surface area contributed by atoms with E-state index in [1.807, 2.05) is 35.2 Å². The van der Waals surface area contributed by atoms with Crippen molar-refractivity contribution in [3.05, 3.63) is 84.3 Å². The SMILES string of the molecule is CNC(=O)c1cccc2c1NCCCN(C)C(=O)[C@@H]1C[C@@H](CN1c1ncnc3c1cnn3-c1ccc(F)cc1F)Nc1cccc-2n1. The Hall–Kier alpha value is -5.66. The number of carbonyl (C=O) groups excluding carboxylic acids is 2. The number of pyridine rings is 1. The lowest BCUT2D eigenvalue weighted by Gasteiger charge is -2.29. The van der Waals surface area contributed by atoms with Crippen LogP contribution in [0.5, 0.6) is 0 Å². The van der Waals surface area contributed by atoms with Crippen molar-refractivity contribution >= 4 is 40.2 Å². The maximum Gasteiger partial charge on any atom is 0.253 e. The molecule has 3 aromatic heterocycles. The molecule has 0 saturated carbocycles. The van der Waals surface area contributed by atoms with Gasteiger partial charge in [0.05, 0.1) is 28.5 Å². The summed E-state index contributed by atoms with van der Waals surface area (Å²) in [5.41, 5.74) is 3.05. The van der Waals surface area contributed by atoms with Crippen molar-refractivity contribution in [1.82, 2.24) is 34.9 Å². The first-order chi connectivity index (χ1) is 22.8. The molecule has 2 amide bonds. The predicted molar refractivity (Wildman–Crippen MR) is 174 cm³/mol. The van der Waals surface area contributed by atoms with Crippen LogP contribution in [0.1, 0.15) is 23.2 Å². The zero-order chi connectivity index (χ0) is 32.7. The Morgan fingerprint density at radius 1 is 1.09 bits per heavy atom. The highest BCUT2D eigenvalue weighted by atomic mass is 19.1. The molecule has 12 nitrogen and oxygen atoms in total. The fourth-order valence-corrected chi connectivity index (χ4v) is 6.35. The fraction of sp³-hybridized carbons (Fsp3) is 0.273. The molecule has 47 heavy (non-hydrogen) atoms. The molecular formula is C33H32F2N10O2. The zero-order valence-electron chi connectivity index (χ0n) is 25.7. The van der Waals surface area contributed by atoms with E-state index in [1.54, 1.807) is 25.1 Å². The first kappa shape index (κ1) is 30.0. The molecule has 1 saturated heterocycles. The normalized spacial score (nSPS) is 18.2. The van der Waals surface area contributed by atoms with E-state index in [2.05, 4.69) is 31.0 Å². The van der Waals surface area contributed by atoms with Crippen LogP contribution < -0.4 is 20.9 Å². The van der Waals surface area contributed by atoms with Crippen LogP contribution in [0, 0.1) is 11.6 Å². The highest BCUT2D eigenvalue weighted by molar-refractivity contribution is 6.03. The summed E-state index contributed by atoms with van der Waals surface area (Å²) in [5, 5.41) is 14.5. The van der Waals surface area contributed by atoms with Crippen LogP contribution in [0.3, 0.4) is 0 Å². The van der Waals surface area contributed by atoms with Gasteiger partial charge in [-0.2, -0.15) is 5.10 Å². The van der Waals surface area contributed by atoms with Crippen LogP contribution in [-0.4, -0.2) is 87.3 Å². The number of fused-ring (bicyclic) bond motifs is 7. The van der Waals surface area contributed by atoms with Crippen LogP contribution in [0.4, 0.5) is 26.1 Å². The smallest absolute Gasteiger partial charge is 0.253 e. The van der Waals surface area contributed by atoms with Gasteiger partial charge >= 0.3 is 0 Å². The molecule has 0 unspecified atom stereocenters. The largest absolute Gasteiger partial charge is 0.384 e. The van der Waals surface area contributed by atoms with Crippen molar-refractivity contribution < 1.29 is 18.4 Å². The molecule has 3 N–H and O–H groups in total. The van der Waals surface area contributed by atoms with Gasteiger partial charge in [0.25, 0.3) is 5.91 Å². The molecule has 7 rings (SSSR count). The van der Waals surface area contributed by atoms with Gasteiger partial charge in [0.15, 0.2) is 11.5 Å². The number of anilines is 3. The summed E-state index contributed by atoms with van der Waals surface area (Å²) >= 11 is 0. The third-order valence-electron chi connectivity index (χ3n) is 8.60. The van der Waals surface area contributed by atoms with Gasteiger partial charge in [-0.05, 0) is 43.2 Å². The standard InChI is InChI=1S/C33H32F2N10O2/c1-36-32(46)22-7-3-6-21-25-8-4-9-28(42-25)41-20-15-27(33(47)43(2)13-5-12-37-29(21)22)44(17-20)30-23-16-40-45(31(23)39-18-38-30)26-11-10-19(34)14-24(26)35/h3-4,6-11,14,16,18,20,27,37H,5,12-13,15,17H2,1-2H3,(H,36,46)(H,41,42)/t20-,27-/m0/s1. The van der Waals surface area contributed by atoms with Crippen LogP contribution in [0.25, 0.3) is 28.0 Å². The molecule has 0 aliphatic carbocycles. The van der Waals surface area contributed by atoms with E-state index in [0.29, 0.717) is 72.1 Å². The van der Waals surface area contributed by atoms with Crippen molar-refractivity contribution in [2.75, 3.05) is 49.3 Å². The number of benzene rings is 2. The minimum Gasteiger partial charge on any atom is -0.384 e. The number of rotatable bonds is 3. The fourth-order valence-electron chi connectivity index (χ4n) is 6.35. The third-order valence-corrected chi connectivity index (χ3v) is 8.60. The van der Waals surface area contributed by atoms with Gasteiger partial charge in [-0.1, -0.05) is 18.2 Å². The van der Waals surface area contributed by atoms with Gasteiger partial charge in [0.1, 0.15) is 35.5 Å². The van der Waals surface area contributed by atoms with E-state index in [-0.39, 0.29) is 23.5 Å². The maximum atomic E-state index is 14.7. The van der Waals surface area contributed by atoms with E-state index in [1.165, 1.54) is 23.3 Å². The molecule has 5 heterocycles. The molecule has 0 spiro atoms. The van der Waals surface area contributed by atoms with Crippen molar-refractivity contribution in [1.29, 1.82) is 0 Å². The lowest BCUT2D eigenvalue weighted by molar-refractivity contribution is -0.131. The Labute approximate surface area is 268 Å². The molecule has 2 aliphatic heterocycles. The average Bonchev–Trinajstić information content (AvgIpc) is 3.70. The van der Waals surface area contributed by atoms with Crippen molar-refractivity contribution in [2.45, 2.75) is 24.9 Å². The van der Waals surface area contributed by atoms with Gasteiger partial charge in [0, 0.05) is 51.4 Å². The molecule has 2 atom stereocenters. The molecule has 4 bridgehead atoms. The predicted octanol–water partition coefficient (Wildman–Crippen LogP) is 3.85. The van der Waals surface area contributed by atoms with Crippen LogP contribution in [0.15, 0.2) is 67.1 Å². The van der Waals surface area contributed by atoms with Gasteiger partial charge in [0.2, 0.25) is 5.91 Å². The summed E-state index contributed by atoms with van der Waals surface area (Å²) in [6, 6.07) is 13.7. The Morgan fingerprint density at radius 2 is 1.94 bits per heavy atom. The number of para-hydroxylation sites is 1. The number of carbonyl (C=O) groups is 2. The van der Waals surface area contributed by atoms with Crippen LogP contribution >= 0.6 is 0 Å². The number of likely N-dealkylation sites (N-methyl/N-ethyl adjacent to an activating group) is 1. The average molecular weight is 639 g/mol. The second kappa shape index (κ2) is 12.3. The van der Waals surface area contributed by atoms with Gasteiger partial charge in [-0.15, -0.1) is 0 Å². The van der Waals surface area contributed by atoms with Crippen molar-refractivity contribution in [2.24, 2.45) is 0 Å². The van der Waals surface area contributed by atoms with Crippen molar-refractivity contribution in [3.63, 3.8) is 0 Å². The summed E-state index contributed by atoms with van der Waals surface area (Å²) in [5.74, 6) is -0.661. The Balaban J connectivity index is 1.27. The van der Waals surface area contributed by atoms with Gasteiger partial charge in [-0.3, -0.25) is 9.59 Å². The monoisotopic (exact) mass is 638 g/mol. The molecule has 2 aromatic carbocycles.